The monoisotopic (exact) mass is 197 g/mol. The first-order valence-electron chi connectivity index (χ1n) is 4.78. The van der Waals surface area contributed by atoms with Crippen molar-refractivity contribution < 1.29 is 9.90 Å². The van der Waals surface area contributed by atoms with Gasteiger partial charge in [0.1, 0.15) is 0 Å². The molecule has 0 bridgehead atoms. The topological polar surface area (TPSA) is 49.3 Å². The highest BCUT2D eigenvalue weighted by Gasteiger charge is 2.13. The van der Waals surface area contributed by atoms with Crippen LogP contribution in [-0.2, 0) is 4.79 Å². The molecule has 0 aromatic rings. The van der Waals surface area contributed by atoms with E-state index in [1.54, 1.807) is 7.05 Å². The minimum Gasteiger partial charge on any atom is -0.481 e. The second-order valence-electron chi connectivity index (χ2n) is 3.24. The fraction of sp³-hybridized carbons (Fsp3) is 0.545. The third-order valence-corrected chi connectivity index (χ3v) is 2.13. The number of aliphatic carboxylic acids is 1. The first kappa shape index (κ1) is 12.9. The Morgan fingerprint density at radius 2 is 2.29 bits per heavy atom. The number of carboxylic acid groups (broad SMARTS) is 1. The second kappa shape index (κ2) is 7.33. The van der Waals surface area contributed by atoms with Crippen LogP contribution in [-0.4, -0.2) is 24.2 Å². The third kappa shape index (κ3) is 5.54. The van der Waals surface area contributed by atoms with Crippen molar-refractivity contribution in [3.8, 4) is 0 Å². The Morgan fingerprint density at radius 3 is 2.64 bits per heavy atom. The zero-order valence-electron chi connectivity index (χ0n) is 8.86. The summed E-state index contributed by atoms with van der Waals surface area (Å²) in [5.74, 6) is -0.524. The van der Waals surface area contributed by atoms with Gasteiger partial charge in [0.25, 0.3) is 0 Å². The smallest absolute Gasteiger partial charge is 0.304 e. The Balaban J connectivity index is 4.13. The summed E-state index contributed by atoms with van der Waals surface area (Å²) in [6.07, 6.45) is 6.75. The Hall–Kier alpha value is -1.09. The molecule has 3 nitrogen and oxygen atoms in total. The highest BCUT2D eigenvalue weighted by Crippen LogP contribution is 2.12. The predicted octanol–water partition coefficient (Wildman–Crippen LogP) is 1.82. The summed E-state index contributed by atoms with van der Waals surface area (Å²) in [5.41, 5.74) is 0. The van der Waals surface area contributed by atoms with Crippen LogP contribution >= 0.6 is 0 Å². The van der Waals surface area contributed by atoms with Gasteiger partial charge < -0.3 is 10.4 Å². The van der Waals surface area contributed by atoms with Crippen molar-refractivity contribution >= 4 is 5.97 Å². The number of carboxylic acids is 1. The lowest BCUT2D eigenvalue weighted by Gasteiger charge is -2.17. The predicted molar refractivity (Wildman–Crippen MR) is 58.2 cm³/mol. The Morgan fingerprint density at radius 1 is 1.64 bits per heavy atom. The number of hydrogen-bond acceptors (Lipinski definition) is 2. The van der Waals surface area contributed by atoms with E-state index < -0.39 is 5.97 Å². The Kier molecular flexibility index (Phi) is 6.76. The fourth-order valence-electron chi connectivity index (χ4n) is 1.34. The minimum atomic E-state index is -0.771. The fourth-order valence-corrected chi connectivity index (χ4v) is 1.34. The maximum atomic E-state index is 10.5. The van der Waals surface area contributed by atoms with Gasteiger partial charge in [-0.05, 0) is 26.3 Å². The molecule has 0 radical (unpaired) electrons. The van der Waals surface area contributed by atoms with Crippen LogP contribution in [0.4, 0.5) is 0 Å². The normalized spacial score (nSPS) is 15.3. The average Bonchev–Trinajstić information content (AvgIpc) is 2.15. The Bertz CT molecular complexity index is 211. The van der Waals surface area contributed by atoms with Gasteiger partial charge >= 0.3 is 5.97 Å². The lowest BCUT2D eigenvalue weighted by atomic mass is 9.97. The average molecular weight is 197 g/mol. The molecule has 0 amide bonds. The van der Waals surface area contributed by atoms with Crippen LogP contribution in [0, 0.1) is 5.92 Å². The molecule has 0 aromatic carbocycles. The molecule has 0 saturated heterocycles. The summed E-state index contributed by atoms with van der Waals surface area (Å²) >= 11 is 0. The van der Waals surface area contributed by atoms with Gasteiger partial charge in [0.15, 0.2) is 0 Å². The quantitative estimate of drug-likeness (QED) is 0.612. The lowest BCUT2D eigenvalue weighted by Crippen LogP contribution is -2.29. The van der Waals surface area contributed by atoms with Crippen molar-refractivity contribution in [2.24, 2.45) is 5.92 Å². The molecule has 0 fully saturated rings. The zero-order chi connectivity index (χ0) is 11.0. The second-order valence-corrected chi connectivity index (χ2v) is 3.24. The number of rotatable bonds is 7. The van der Waals surface area contributed by atoms with E-state index in [0.29, 0.717) is 0 Å². The molecule has 0 heterocycles. The highest BCUT2D eigenvalue weighted by atomic mass is 16.4. The first-order valence-corrected chi connectivity index (χ1v) is 4.78. The maximum Gasteiger partial charge on any atom is 0.304 e. The number of nitrogens with one attached hydrogen (secondary N) is 1. The maximum absolute atomic E-state index is 10.5. The van der Waals surface area contributed by atoms with Crippen molar-refractivity contribution in [1.29, 1.82) is 0 Å². The van der Waals surface area contributed by atoms with Crippen LogP contribution in [0.15, 0.2) is 24.8 Å². The lowest BCUT2D eigenvalue weighted by molar-refractivity contribution is -0.137. The number of allylic oxidation sites excluding steroid dienone is 3. The van der Waals surface area contributed by atoms with Crippen LogP contribution in [0.3, 0.4) is 0 Å². The summed E-state index contributed by atoms with van der Waals surface area (Å²) < 4.78 is 0. The van der Waals surface area contributed by atoms with E-state index in [9.17, 15) is 4.79 Å². The van der Waals surface area contributed by atoms with Crippen molar-refractivity contribution in [2.75, 3.05) is 7.05 Å². The SMILES string of the molecule is C=CC(/C=C/C)CC(CC(=O)O)NC. The van der Waals surface area contributed by atoms with Gasteiger partial charge in [-0.15, -0.1) is 6.58 Å². The van der Waals surface area contributed by atoms with E-state index >= 15 is 0 Å². The molecular formula is C11H19NO2. The van der Waals surface area contributed by atoms with Gasteiger partial charge in [-0.25, -0.2) is 0 Å². The number of carbonyl (C=O) groups is 1. The molecule has 3 heteroatoms. The van der Waals surface area contributed by atoms with Crippen molar-refractivity contribution in [3.63, 3.8) is 0 Å². The van der Waals surface area contributed by atoms with Gasteiger partial charge in [-0.2, -0.15) is 0 Å². The molecule has 80 valence electrons. The van der Waals surface area contributed by atoms with Gasteiger partial charge in [-0.1, -0.05) is 18.2 Å². The molecule has 0 saturated carbocycles. The summed E-state index contributed by atoms with van der Waals surface area (Å²) in [5, 5.41) is 11.6. The summed E-state index contributed by atoms with van der Waals surface area (Å²) in [6, 6.07) is 0.00620. The summed E-state index contributed by atoms with van der Waals surface area (Å²) in [6.45, 7) is 5.67. The molecule has 2 atom stereocenters. The van der Waals surface area contributed by atoms with E-state index in [1.807, 2.05) is 25.2 Å². The van der Waals surface area contributed by atoms with Crippen molar-refractivity contribution in [3.05, 3.63) is 24.8 Å². The molecule has 2 N–H and O–H groups in total. The Labute approximate surface area is 85.5 Å². The number of hydrogen-bond donors (Lipinski definition) is 2. The van der Waals surface area contributed by atoms with E-state index in [0.717, 1.165) is 6.42 Å². The summed E-state index contributed by atoms with van der Waals surface area (Å²) in [7, 11) is 1.78. The van der Waals surface area contributed by atoms with Crippen molar-refractivity contribution in [1.82, 2.24) is 5.32 Å². The molecule has 14 heavy (non-hydrogen) atoms. The van der Waals surface area contributed by atoms with Gasteiger partial charge in [0.2, 0.25) is 0 Å². The van der Waals surface area contributed by atoms with E-state index in [-0.39, 0.29) is 18.4 Å². The molecule has 0 aliphatic carbocycles. The van der Waals surface area contributed by atoms with Gasteiger partial charge in [0.05, 0.1) is 6.42 Å². The van der Waals surface area contributed by atoms with Crippen LogP contribution in [0.2, 0.25) is 0 Å². The largest absolute Gasteiger partial charge is 0.481 e. The van der Waals surface area contributed by atoms with Crippen molar-refractivity contribution in [2.45, 2.75) is 25.8 Å². The molecule has 2 unspecified atom stereocenters. The van der Waals surface area contributed by atoms with Crippen LogP contribution in [0.5, 0.6) is 0 Å². The minimum absolute atomic E-state index is 0.00620. The van der Waals surface area contributed by atoms with E-state index in [4.69, 9.17) is 5.11 Å². The molecule has 0 rings (SSSR count). The highest BCUT2D eigenvalue weighted by molar-refractivity contribution is 5.67. The summed E-state index contributed by atoms with van der Waals surface area (Å²) in [4.78, 5) is 10.5. The molecular weight excluding hydrogens is 178 g/mol. The molecule has 0 aromatic heterocycles. The van der Waals surface area contributed by atoms with Crippen LogP contribution < -0.4 is 5.32 Å². The third-order valence-electron chi connectivity index (χ3n) is 2.13. The van der Waals surface area contributed by atoms with Gasteiger partial charge in [-0.3, -0.25) is 4.79 Å². The van der Waals surface area contributed by atoms with Crippen LogP contribution in [0.1, 0.15) is 19.8 Å². The van der Waals surface area contributed by atoms with Gasteiger partial charge in [0, 0.05) is 6.04 Å². The zero-order valence-corrected chi connectivity index (χ0v) is 8.86. The van der Waals surface area contributed by atoms with E-state index in [1.165, 1.54) is 0 Å². The molecule has 0 spiro atoms. The molecule has 0 aliphatic heterocycles. The standard InChI is InChI=1S/C11H19NO2/c1-4-6-9(5-2)7-10(12-3)8-11(13)14/h4-6,9-10,12H,2,7-8H2,1,3H3,(H,13,14)/b6-4+. The molecule has 0 aliphatic rings. The van der Waals surface area contributed by atoms with E-state index in [2.05, 4.69) is 11.9 Å². The first-order chi connectivity index (χ1) is 6.63. The van der Waals surface area contributed by atoms with Crippen LogP contribution in [0.25, 0.3) is 0 Å².